The maximum absolute atomic E-state index is 12.6. The number of amides is 1. The van der Waals surface area contributed by atoms with Crippen molar-refractivity contribution in [3.63, 3.8) is 0 Å². The molecule has 2 N–H and O–H groups in total. The number of nitrogens with one attached hydrogen (secondary N) is 2. The summed E-state index contributed by atoms with van der Waals surface area (Å²) in [4.78, 5) is 19.4. The zero-order valence-corrected chi connectivity index (χ0v) is 18.5. The number of likely N-dealkylation sites (tertiary alicyclic amines) is 1. The molecule has 2 rings (SSSR count). The Kier molecular flexibility index (Phi) is 8.33. The van der Waals surface area contributed by atoms with E-state index in [1.807, 2.05) is 23.6 Å². The van der Waals surface area contributed by atoms with Crippen molar-refractivity contribution in [3.05, 3.63) is 17.0 Å². The smallest absolute Gasteiger partial charge is 0.225 e. The number of piperidine rings is 1. The van der Waals surface area contributed by atoms with Crippen molar-refractivity contribution in [2.45, 2.75) is 72.9 Å². The molecule has 1 amide bonds. The highest BCUT2D eigenvalue weighted by Gasteiger charge is 2.26. The summed E-state index contributed by atoms with van der Waals surface area (Å²) in [7, 11) is 1.97. The molecule has 0 bridgehead atoms. The number of rotatable bonds is 7. The summed E-state index contributed by atoms with van der Waals surface area (Å²) >= 11 is 0. The summed E-state index contributed by atoms with van der Waals surface area (Å²) in [6.45, 7) is 13.5. The van der Waals surface area contributed by atoms with E-state index >= 15 is 0 Å². The fourth-order valence-electron chi connectivity index (χ4n) is 3.86. The van der Waals surface area contributed by atoms with Gasteiger partial charge in [0.15, 0.2) is 5.96 Å². The first kappa shape index (κ1) is 22.2. The highest BCUT2D eigenvalue weighted by Crippen LogP contribution is 2.17. The van der Waals surface area contributed by atoms with Crippen LogP contribution < -0.4 is 10.6 Å². The Hall–Kier alpha value is -2.05. The Labute approximate surface area is 170 Å². The monoisotopic (exact) mass is 390 g/mol. The first-order valence-corrected chi connectivity index (χ1v) is 10.7. The predicted octanol–water partition coefficient (Wildman–Crippen LogP) is 2.52. The van der Waals surface area contributed by atoms with Crippen LogP contribution in [0.15, 0.2) is 4.99 Å². The maximum atomic E-state index is 12.6. The van der Waals surface area contributed by atoms with Crippen molar-refractivity contribution < 1.29 is 4.79 Å². The largest absolute Gasteiger partial charge is 0.357 e. The average Bonchev–Trinajstić information content (AvgIpc) is 2.93. The number of hydrogen-bond donors (Lipinski definition) is 2. The Morgan fingerprint density at radius 1 is 1.21 bits per heavy atom. The molecular weight excluding hydrogens is 352 g/mol. The van der Waals surface area contributed by atoms with E-state index in [0.29, 0.717) is 18.5 Å². The lowest BCUT2D eigenvalue weighted by molar-refractivity contribution is -0.136. The molecule has 0 aromatic carbocycles. The number of aliphatic imine (C=N–C) groups is 1. The Morgan fingerprint density at radius 2 is 1.86 bits per heavy atom. The van der Waals surface area contributed by atoms with Gasteiger partial charge in [0, 0.05) is 49.9 Å². The van der Waals surface area contributed by atoms with Gasteiger partial charge in [0.1, 0.15) is 0 Å². The third-order valence-corrected chi connectivity index (χ3v) is 5.88. The van der Waals surface area contributed by atoms with Crippen LogP contribution in [0.4, 0.5) is 0 Å². The lowest BCUT2D eigenvalue weighted by Gasteiger charge is -2.34. The molecule has 0 radical (unpaired) electrons. The van der Waals surface area contributed by atoms with Gasteiger partial charge in [-0.15, -0.1) is 0 Å². The highest BCUT2D eigenvalue weighted by molar-refractivity contribution is 5.80. The van der Waals surface area contributed by atoms with E-state index in [9.17, 15) is 4.79 Å². The van der Waals surface area contributed by atoms with E-state index in [4.69, 9.17) is 4.99 Å². The van der Waals surface area contributed by atoms with Gasteiger partial charge in [0.05, 0.1) is 12.2 Å². The molecule has 1 fully saturated rings. The molecule has 1 aliphatic heterocycles. The number of carbonyl (C=O) groups is 1. The van der Waals surface area contributed by atoms with Crippen molar-refractivity contribution in [2.24, 2.45) is 18.0 Å². The van der Waals surface area contributed by atoms with E-state index < -0.39 is 0 Å². The van der Waals surface area contributed by atoms with Crippen molar-refractivity contribution in [3.8, 4) is 0 Å². The molecule has 0 spiro atoms. The minimum absolute atomic E-state index is 0.175. The highest BCUT2D eigenvalue weighted by atomic mass is 16.2. The van der Waals surface area contributed by atoms with Gasteiger partial charge in [0.25, 0.3) is 0 Å². The van der Waals surface area contributed by atoms with Crippen molar-refractivity contribution in [1.82, 2.24) is 25.3 Å². The molecule has 0 unspecified atom stereocenters. The van der Waals surface area contributed by atoms with Crippen LogP contribution in [-0.2, 0) is 18.4 Å². The lowest BCUT2D eigenvalue weighted by Crippen LogP contribution is -2.50. The van der Waals surface area contributed by atoms with Crippen LogP contribution in [0.3, 0.4) is 0 Å². The van der Waals surface area contributed by atoms with Gasteiger partial charge in [-0.05, 0) is 46.5 Å². The fraction of sp³-hybridized carbons (Fsp3) is 0.762. The van der Waals surface area contributed by atoms with Crippen LogP contribution in [0.1, 0.15) is 63.4 Å². The number of nitrogens with zero attached hydrogens (tertiary/aromatic N) is 4. The topological polar surface area (TPSA) is 74.6 Å². The molecule has 7 nitrogen and oxygen atoms in total. The molecule has 0 aliphatic carbocycles. The first-order chi connectivity index (χ1) is 13.4. The van der Waals surface area contributed by atoms with Crippen LogP contribution in [-0.4, -0.2) is 52.2 Å². The lowest BCUT2D eigenvalue weighted by atomic mass is 9.98. The van der Waals surface area contributed by atoms with E-state index in [1.165, 1.54) is 5.56 Å². The molecule has 1 aromatic heterocycles. The van der Waals surface area contributed by atoms with Crippen molar-refractivity contribution >= 4 is 11.9 Å². The van der Waals surface area contributed by atoms with Crippen LogP contribution in [0, 0.1) is 19.8 Å². The molecule has 7 heteroatoms. The van der Waals surface area contributed by atoms with Gasteiger partial charge in [-0.2, -0.15) is 5.10 Å². The molecule has 158 valence electrons. The molecule has 28 heavy (non-hydrogen) atoms. The third kappa shape index (κ3) is 5.49. The minimum Gasteiger partial charge on any atom is -0.357 e. The first-order valence-electron chi connectivity index (χ1n) is 10.7. The molecular formula is C21H38N6O. The standard InChI is InChI=1S/C21H38N6O/c1-7-17(8-2)20(28)27-12-10-18(11-13-27)24-21(22-9-3)23-14-19-15(4)25-26(6)16(19)5/h17-18H,7-14H2,1-6H3,(H2,22,23,24). The van der Waals surface area contributed by atoms with E-state index in [1.54, 1.807) is 0 Å². The number of aromatic nitrogens is 2. The second-order valence-electron chi connectivity index (χ2n) is 7.73. The summed E-state index contributed by atoms with van der Waals surface area (Å²) in [5, 5.41) is 11.4. The summed E-state index contributed by atoms with van der Waals surface area (Å²) in [5.41, 5.74) is 3.38. The van der Waals surface area contributed by atoms with Gasteiger partial charge >= 0.3 is 0 Å². The van der Waals surface area contributed by atoms with E-state index in [0.717, 1.165) is 62.7 Å². The zero-order valence-electron chi connectivity index (χ0n) is 18.5. The minimum atomic E-state index is 0.175. The van der Waals surface area contributed by atoms with Gasteiger partial charge < -0.3 is 15.5 Å². The van der Waals surface area contributed by atoms with E-state index in [-0.39, 0.29) is 5.92 Å². The predicted molar refractivity (Wildman–Crippen MR) is 114 cm³/mol. The van der Waals surface area contributed by atoms with Crippen LogP contribution in [0.5, 0.6) is 0 Å². The molecule has 0 atom stereocenters. The number of aryl methyl sites for hydroxylation is 2. The van der Waals surface area contributed by atoms with Gasteiger partial charge in [-0.3, -0.25) is 9.48 Å². The number of carbonyl (C=O) groups excluding carboxylic acids is 1. The summed E-state index contributed by atoms with van der Waals surface area (Å²) < 4.78 is 1.91. The Balaban J connectivity index is 1.93. The summed E-state index contributed by atoms with van der Waals surface area (Å²) in [5.74, 6) is 1.34. The molecule has 2 heterocycles. The average molecular weight is 391 g/mol. The number of guanidine groups is 1. The normalized spacial score (nSPS) is 16.0. The van der Waals surface area contributed by atoms with Crippen LogP contribution >= 0.6 is 0 Å². The fourth-order valence-corrected chi connectivity index (χ4v) is 3.86. The van der Waals surface area contributed by atoms with Crippen molar-refractivity contribution in [1.29, 1.82) is 0 Å². The molecule has 0 saturated carbocycles. The molecule has 1 aliphatic rings. The van der Waals surface area contributed by atoms with E-state index in [2.05, 4.69) is 43.4 Å². The summed E-state index contributed by atoms with van der Waals surface area (Å²) in [6.07, 6.45) is 3.78. The van der Waals surface area contributed by atoms with Gasteiger partial charge in [0.2, 0.25) is 5.91 Å². The quantitative estimate of drug-likeness (QED) is 0.554. The van der Waals surface area contributed by atoms with Crippen LogP contribution in [0.2, 0.25) is 0 Å². The van der Waals surface area contributed by atoms with Gasteiger partial charge in [-0.25, -0.2) is 4.99 Å². The number of hydrogen-bond acceptors (Lipinski definition) is 3. The molecule has 1 saturated heterocycles. The zero-order chi connectivity index (χ0) is 20.7. The van der Waals surface area contributed by atoms with Crippen molar-refractivity contribution in [2.75, 3.05) is 19.6 Å². The second kappa shape index (κ2) is 10.5. The molecule has 1 aromatic rings. The Morgan fingerprint density at radius 3 is 2.36 bits per heavy atom. The summed E-state index contributed by atoms with van der Waals surface area (Å²) in [6, 6.07) is 0.347. The second-order valence-corrected chi connectivity index (χ2v) is 7.73. The third-order valence-electron chi connectivity index (χ3n) is 5.88. The van der Waals surface area contributed by atoms with Gasteiger partial charge in [-0.1, -0.05) is 13.8 Å². The van der Waals surface area contributed by atoms with Crippen LogP contribution in [0.25, 0.3) is 0 Å². The maximum Gasteiger partial charge on any atom is 0.225 e. The SMILES string of the molecule is CCNC(=NCc1c(C)nn(C)c1C)NC1CCN(C(=O)C(CC)CC)CC1. The Bertz CT molecular complexity index is 669.